The fourth-order valence-electron chi connectivity index (χ4n) is 1.96. The van der Waals surface area contributed by atoms with Crippen LogP contribution in [0.4, 0.5) is 17.3 Å². The maximum absolute atomic E-state index is 5.86. The minimum atomic E-state index is 0.541. The molecule has 1 heterocycles. The zero-order valence-electron chi connectivity index (χ0n) is 11.0. The van der Waals surface area contributed by atoms with Gasteiger partial charge in [0.25, 0.3) is 0 Å². The van der Waals surface area contributed by atoms with Crippen molar-refractivity contribution in [2.75, 3.05) is 11.1 Å². The number of hydrogen-bond acceptors (Lipinski definition) is 4. The van der Waals surface area contributed by atoms with E-state index < -0.39 is 0 Å². The van der Waals surface area contributed by atoms with E-state index in [0.29, 0.717) is 5.82 Å². The number of aromatic nitrogens is 2. The lowest BCUT2D eigenvalue weighted by Crippen LogP contribution is -2.05. The molecule has 0 unspecified atom stereocenters. The fourth-order valence-corrected chi connectivity index (χ4v) is 1.96. The fraction of sp³-hybridized carbons (Fsp3) is 0.286. The van der Waals surface area contributed by atoms with Crippen LogP contribution in [0.2, 0.25) is 0 Å². The highest BCUT2D eigenvalue weighted by molar-refractivity contribution is 5.66. The Bertz CT molecular complexity index is 564. The highest BCUT2D eigenvalue weighted by Crippen LogP contribution is 2.24. The van der Waals surface area contributed by atoms with Crippen LogP contribution in [0, 0.1) is 13.8 Å². The molecule has 2 aromatic rings. The molecular weight excluding hydrogens is 224 g/mol. The minimum absolute atomic E-state index is 0.541. The number of hydrogen-bond donors (Lipinski definition) is 2. The molecule has 18 heavy (non-hydrogen) atoms. The van der Waals surface area contributed by atoms with E-state index in [2.05, 4.69) is 47.3 Å². The second-order valence-corrected chi connectivity index (χ2v) is 4.38. The first kappa shape index (κ1) is 12.4. The lowest BCUT2D eigenvalue weighted by Gasteiger charge is -2.13. The standard InChI is InChI=1S/C14H18N4/c1-4-11-13(15)16-8-17-14(11)18-12-6-5-9(2)7-10(12)3/h5-8H,4H2,1-3H3,(H3,15,16,17,18). The van der Waals surface area contributed by atoms with Crippen LogP contribution in [0.3, 0.4) is 0 Å². The Balaban J connectivity index is 2.37. The summed E-state index contributed by atoms with van der Waals surface area (Å²) >= 11 is 0. The van der Waals surface area contributed by atoms with Crippen molar-refractivity contribution in [2.24, 2.45) is 0 Å². The average molecular weight is 242 g/mol. The molecule has 0 aliphatic rings. The molecule has 0 fully saturated rings. The van der Waals surface area contributed by atoms with Crippen LogP contribution in [0.25, 0.3) is 0 Å². The molecule has 4 heteroatoms. The molecule has 3 N–H and O–H groups in total. The van der Waals surface area contributed by atoms with Gasteiger partial charge in [0, 0.05) is 11.3 Å². The van der Waals surface area contributed by atoms with Gasteiger partial charge in [-0.2, -0.15) is 0 Å². The number of rotatable bonds is 3. The van der Waals surface area contributed by atoms with Gasteiger partial charge in [-0.1, -0.05) is 24.6 Å². The van der Waals surface area contributed by atoms with Crippen LogP contribution >= 0.6 is 0 Å². The Kier molecular flexibility index (Phi) is 3.46. The molecule has 0 atom stereocenters. The summed E-state index contributed by atoms with van der Waals surface area (Å²) < 4.78 is 0. The minimum Gasteiger partial charge on any atom is -0.383 e. The lowest BCUT2D eigenvalue weighted by molar-refractivity contribution is 1.06. The molecule has 0 aliphatic carbocycles. The summed E-state index contributed by atoms with van der Waals surface area (Å²) in [6.45, 7) is 6.20. The molecule has 0 saturated carbocycles. The molecule has 0 radical (unpaired) electrons. The maximum Gasteiger partial charge on any atom is 0.139 e. The molecular formula is C14H18N4. The van der Waals surface area contributed by atoms with E-state index in [1.54, 1.807) is 0 Å². The van der Waals surface area contributed by atoms with Crippen LogP contribution < -0.4 is 11.1 Å². The van der Waals surface area contributed by atoms with E-state index in [0.717, 1.165) is 23.5 Å². The smallest absolute Gasteiger partial charge is 0.139 e. The van der Waals surface area contributed by atoms with Crippen LogP contribution in [0.5, 0.6) is 0 Å². The second kappa shape index (κ2) is 5.04. The van der Waals surface area contributed by atoms with Gasteiger partial charge < -0.3 is 11.1 Å². The van der Waals surface area contributed by atoms with Crippen LogP contribution in [-0.4, -0.2) is 9.97 Å². The van der Waals surface area contributed by atoms with E-state index in [4.69, 9.17) is 5.73 Å². The summed E-state index contributed by atoms with van der Waals surface area (Å²) in [6.07, 6.45) is 2.29. The molecule has 2 rings (SSSR count). The zero-order chi connectivity index (χ0) is 13.1. The number of anilines is 3. The maximum atomic E-state index is 5.86. The summed E-state index contributed by atoms with van der Waals surface area (Å²) in [5.41, 5.74) is 10.3. The first-order valence-corrected chi connectivity index (χ1v) is 6.05. The van der Waals surface area contributed by atoms with Gasteiger partial charge >= 0.3 is 0 Å². The Morgan fingerprint density at radius 2 is 2.00 bits per heavy atom. The van der Waals surface area contributed by atoms with Crippen molar-refractivity contribution in [3.05, 3.63) is 41.2 Å². The Morgan fingerprint density at radius 1 is 1.22 bits per heavy atom. The molecule has 0 spiro atoms. The van der Waals surface area contributed by atoms with Crippen molar-refractivity contribution in [1.29, 1.82) is 0 Å². The molecule has 1 aromatic carbocycles. The van der Waals surface area contributed by atoms with E-state index in [1.807, 2.05) is 6.92 Å². The van der Waals surface area contributed by atoms with E-state index in [-0.39, 0.29) is 0 Å². The van der Waals surface area contributed by atoms with Crippen molar-refractivity contribution in [2.45, 2.75) is 27.2 Å². The van der Waals surface area contributed by atoms with Gasteiger partial charge in [0.05, 0.1) is 0 Å². The quantitative estimate of drug-likeness (QED) is 0.868. The van der Waals surface area contributed by atoms with E-state index in [1.165, 1.54) is 17.5 Å². The van der Waals surface area contributed by atoms with Crippen molar-refractivity contribution in [3.8, 4) is 0 Å². The SMILES string of the molecule is CCc1c(N)ncnc1Nc1ccc(C)cc1C. The Labute approximate surface area is 107 Å². The average Bonchev–Trinajstić information content (AvgIpc) is 2.33. The second-order valence-electron chi connectivity index (χ2n) is 4.38. The Morgan fingerprint density at radius 3 is 2.67 bits per heavy atom. The number of aryl methyl sites for hydroxylation is 2. The van der Waals surface area contributed by atoms with E-state index in [9.17, 15) is 0 Å². The molecule has 94 valence electrons. The predicted molar refractivity (Wildman–Crippen MR) is 75.0 cm³/mol. The third kappa shape index (κ3) is 2.42. The third-order valence-electron chi connectivity index (χ3n) is 2.97. The summed E-state index contributed by atoms with van der Waals surface area (Å²) in [4.78, 5) is 8.28. The topological polar surface area (TPSA) is 63.8 Å². The first-order chi connectivity index (χ1) is 8.61. The summed E-state index contributed by atoms with van der Waals surface area (Å²) in [6, 6.07) is 6.27. The Hall–Kier alpha value is -2.10. The van der Waals surface area contributed by atoms with Gasteiger partial charge in [0.1, 0.15) is 18.0 Å². The van der Waals surface area contributed by atoms with Crippen LogP contribution in [-0.2, 0) is 6.42 Å². The summed E-state index contributed by atoms with van der Waals surface area (Å²) in [5.74, 6) is 1.33. The zero-order valence-corrected chi connectivity index (χ0v) is 11.0. The van der Waals surface area contributed by atoms with Gasteiger partial charge in [0.2, 0.25) is 0 Å². The largest absolute Gasteiger partial charge is 0.383 e. The predicted octanol–water partition coefficient (Wildman–Crippen LogP) is 2.98. The molecule has 0 bridgehead atoms. The molecule has 0 saturated heterocycles. The molecule has 4 nitrogen and oxygen atoms in total. The number of nitrogens with two attached hydrogens (primary N) is 1. The van der Waals surface area contributed by atoms with Crippen LogP contribution in [0.15, 0.2) is 24.5 Å². The number of nitrogens with one attached hydrogen (secondary N) is 1. The number of benzene rings is 1. The monoisotopic (exact) mass is 242 g/mol. The van der Waals surface area contributed by atoms with Crippen LogP contribution in [0.1, 0.15) is 23.6 Å². The van der Waals surface area contributed by atoms with Crippen molar-refractivity contribution in [1.82, 2.24) is 9.97 Å². The van der Waals surface area contributed by atoms with Crippen molar-refractivity contribution in [3.63, 3.8) is 0 Å². The van der Waals surface area contributed by atoms with Gasteiger partial charge in [-0.3, -0.25) is 0 Å². The molecule has 0 amide bonds. The number of nitrogens with zero attached hydrogens (tertiary/aromatic N) is 2. The van der Waals surface area contributed by atoms with Crippen molar-refractivity contribution >= 4 is 17.3 Å². The number of nitrogen functional groups attached to an aromatic ring is 1. The third-order valence-corrected chi connectivity index (χ3v) is 2.97. The summed E-state index contributed by atoms with van der Waals surface area (Å²) in [7, 11) is 0. The van der Waals surface area contributed by atoms with Gasteiger partial charge in [-0.15, -0.1) is 0 Å². The van der Waals surface area contributed by atoms with Gasteiger partial charge in [-0.05, 0) is 31.9 Å². The highest BCUT2D eigenvalue weighted by atomic mass is 15.0. The normalized spacial score (nSPS) is 10.4. The lowest BCUT2D eigenvalue weighted by atomic mass is 10.1. The van der Waals surface area contributed by atoms with E-state index >= 15 is 0 Å². The summed E-state index contributed by atoms with van der Waals surface area (Å²) in [5, 5.41) is 3.33. The highest BCUT2D eigenvalue weighted by Gasteiger charge is 2.08. The molecule has 1 aromatic heterocycles. The van der Waals surface area contributed by atoms with Gasteiger partial charge in [-0.25, -0.2) is 9.97 Å². The van der Waals surface area contributed by atoms with Gasteiger partial charge in [0.15, 0.2) is 0 Å². The first-order valence-electron chi connectivity index (χ1n) is 6.05. The molecule has 0 aliphatic heterocycles. The van der Waals surface area contributed by atoms with Crippen molar-refractivity contribution < 1.29 is 0 Å².